The molecule has 0 aliphatic heterocycles. The van der Waals surface area contributed by atoms with Gasteiger partial charge in [-0.1, -0.05) is 49.6 Å². The minimum absolute atomic E-state index is 0.274. The summed E-state index contributed by atoms with van der Waals surface area (Å²) in [6.45, 7) is 19.1. The first-order valence-electron chi connectivity index (χ1n) is 16.6. The molecule has 0 aliphatic rings. The third-order valence-electron chi connectivity index (χ3n) is 7.65. The van der Waals surface area contributed by atoms with E-state index in [0.29, 0.717) is 35.5 Å². The normalized spacial score (nSPS) is 11.9. The number of rotatable bonds is 17. The van der Waals surface area contributed by atoms with Crippen LogP contribution in [0.5, 0.6) is 23.0 Å². The fourth-order valence-corrected chi connectivity index (χ4v) is 5.23. The maximum atomic E-state index is 12.2. The zero-order valence-electron chi connectivity index (χ0n) is 29.7. The topological polar surface area (TPSA) is 89.5 Å². The first-order chi connectivity index (χ1) is 23.9. The molecular formula is C42H46O8. The zero-order chi connectivity index (χ0) is 36.2. The highest BCUT2D eigenvalue weighted by molar-refractivity contribution is 5.87. The molecule has 0 radical (unpaired) electrons. The number of carbonyl (C=O) groups excluding carboxylic acids is 2. The molecular weight excluding hydrogens is 632 g/mol. The van der Waals surface area contributed by atoms with Crippen molar-refractivity contribution >= 4 is 11.9 Å². The van der Waals surface area contributed by atoms with Crippen molar-refractivity contribution in [3.8, 4) is 34.1 Å². The van der Waals surface area contributed by atoms with E-state index < -0.39 is 24.5 Å². The number of para-hydroxylation sites is 2. The van der Waals surface area contributed by atoms with Gasteiger partial charge in [-0.25, -0.2) is 9.59 Å². The predicted molar refractivity (Wildman–Crippen MR) is 195 cm³/mol. The summed E-state index contributed by atoms with van der Waals surface area (Å²) >= 11 is 0. The van der Waals surface area contributed by atoms with Crippen LogP contribution in [-0.4, -0.2) is 37.7 Å². The number of hydrogen-bond acceptors (Lipinski definition) is 8. The van der Waals surface area contributed by atoms with E-state index in [1.54, 1.807) is 38.1 Å². The molecule has 50 heavy (non-hydrogen) atoms. The Balaban J connectivity index is 1.41. The van der Waals surface area contributed by atoms with Gasteiger partial charge < -0.3 is 28.4 Å². The van der Waals surface area contributed by atoms with E-state index in [1.165, 1.54) is 0 Å². The van der Waals surface area contributed by atoms with Gasteiger partial charge in [-0.3, -0.25) is 0 Å². The Hall–Kier alpha value is -5.50. The smallest absolute Gasteiger partial charge is 0.336 e. The molecule has 4 aromatic rings. The first-order valence-corrected chi connectivity index (χ1v) is 16.6. The second kappa shape index (κ2) is 17.8. The minimum Gasteiger partial charge on any atom is -0.493 e. The Kier molecular flexibility index (Phi) is 13.3. The van der Waals surface area contributed by atoms with Crippen LogP contribution < -0.4 is 18.9 Å². The molecule has 0 saturated carbocycles. The lowest BCUT2D eigenvalue weighted by molar-refractivity contribution is -0.161. The number of benzene rings is 4. The third-order valence-corrected chi connectivity index (χ3v) is 7.65. The summed E-state index contributed by atoms with van der Waals surface area (Å²) in [6.07, 6.45) is -1.02. The molecule has 4 aromatic carbocycles. The highest BCUT2D eigenvalue weighted by Crippen LogP contribution is 2.34. The zero-order valence-corrected chi connectivity index (χ0v) is 29.7. The number of aryl methyl sites for hydroxylation is 4. The summed E-state index contributed by atoms with van der Waals surface area (Å²) < 4.78 is 35.3. The molecule has 0 heterocycles. The molecule has 0 amide bonds. The van der Waals surface area contributed by atoms with Crippen molar-refractivity contribution in [3.63, 3.8) is 0 Å². The quantitative estimate of drug-likeness (QED) is 0.0621. The van der Waals surface area contributed by atoms with Gasteiger partial charge in [0.1, 0.15) is 23.0 Å². The second-order valence-corrected chi connectivity index (χ2v) is 12.2. The SMILES string of the molecule is C=C(C)C(=O)OC(CCOc1c(C)cc(-c2cc(C)c(OCCC(OC(=O)C(=C)C)Oc3ccccc3)c(C)c2)cc1C)Oc1ccccc1. The van der Waals surface area contributed by atoms with E-state index in [0.717, 1.165) is 44.9 Å². The Bertz CT molecular complexity index is 1620. The maximum Gasteiger partial charge on any atom is 0.336 e. The second-order valence-electron chi connectivity index (χ2n) is 12.2. The van der Waals surface area contributed by atoms with E-state index >= 15 is 0 Å². The van der Waals surface area contributed by atoms with Crippen molar-refractivity contribution in [3.05, 3.63) is 131 Å². The molecule has 262 valence electrons. The summed E-state index contributed by atoms with van der Waals surface area (Å²) in [6, 6.07) is 26.8. The van der Waals surface area contributed by atoms with Gasteiger partial charge in [-0.2, -0.15) is 0 Å². The highest BCUT2D eigenvalue weighted by atomic mass is 16.7. The Morgan fingerprint density at radius 2 is 0.880 bits per heavy atom. The van der Waals surface area contributed by atoms with Gasteiger partial charge in [0.25, 0.3) is 0 Å². The molecule has 0 spiro atoms. The van der Waals surface area contributed by atoms with E-state index in [-0.39, 0.29) is 13.2 Å². The number of hydrogen-bond donors (Lipinski definition) is 0. The molecule has 8 heteroatoms. The first kappa shape index (κ1) is 37.3. The average Bonchev–Trinajstić information content (AvgIpc) is 3.07. The summed E-state index contributed by atoms with van der Waals surface area (Å²) in [4.78, 5) is 24.5. The molecule has 2 atom stereocenters. The molecule has 8 nitrogen and oxygen atoms in total. The lowest BCUT2D eigenvalue weighted by Gasteiger charge is -2.21. The average molecular weight is 679 g/mol. The summed E-state index contributed by atoms with van der Waals surface area (Å²) in [5.74, 6) is 1.69. The number of carbonyl (C=O) groups is 2. The molecule has 4 rings (SSSR count). The lowest BCUT2D eigenvalue weighted by Crippen LogP contribution is -2.27. The number of ether oxygens (including phenoxy) is 6. The predicted octanol–water partition coefficient (Wildman–Crippen LogP) is 9.17. The maximum absolute atomic E-state index is 12.2. The van der Waals surface area contributed by atoms with Crippen molar-refractivity contribution < 1.29 is 38.0 Å². The van der Waals surface area contributed by atoms with Gasteiger partial charge in [0, 0.05) is 11.1 Å². The standard InChI is InChI=1S/C42H46O8/c1-27(2)41(43)49-37(47-35-15-11-9-12-16-35)19-21-45-39-29(5)23-33(24-30(39)6)34-25-31(7)40(32(8)26-34)46-22-20-38(50-42(44)28(3)4)48-36-17-13-10-14-18-36/h9-18,23-26,37-38H,1,3,19-22H2,2,4-8H3. The highest BCUT2D eigenvalue weighted by Gasteiger charge is 2.20. The summed E-state index contributed by atoms with van der Waals surface area (Å²) in [5.41, 5.74) is 6.59. The van der Waals surface area contributed by atoms with E-state index in [4.69, 9.17) is 28.4 Å². The largest absolute Gasteiger partial charge is 0.493 e. The monoisotopic (exact) mass is 678 g/mol. The molecule has 0 bridgehead atoms. The van der Waals surface area contributed by atoms with Gasteiger partial charge in [-0.15, -0.1) is 0 Å². The van der Waals surface area contributed by atoms with Gasteiger partial charge >= 0.3 is 11.9 Å². The van der Waals surface area contributed by atoms with Gasteiger partial charge in [0.2, 0.25) is 12.6 Å². The Morgan fingerprint density at radius 3 is 1.18 bits per heavy atom. The Labute approximate surface area is 295 Å². The molecule has 0 saturated heterocycles. The number of esters is 2. The van der Waals surface area contributed by atoms with Crippen LogP contribution in [0, 0.1) is 27.7 Å². The summed E-state index contributed by atoms with van der Waals surface area (Å²) in [5, 5.41) is 0. The third kappa shape index (κ3) is 10.8. The van der Waals surface area contributed by atoms with Crippen LogP contribution in [0.15, 0.2) is 109 Å². The van der Waals surface area contributed by atoms with Crippen LogP contribution in [0.2, 0.25) is 0 Å². The van der Waals surface area contributed by atoms with Gasteiger partial charge in [-0.05, 0) is 123 Å². The van der Waals surface area contributed by atoms with Crippen LogP contribution >= 0.6 is 0 Å². The van der Waals surface area contributed by atoms with Crippen LogP contribution in [-0.2, 0) is 19.1 Å². The van der Waals surface area contributed by atoms with E-state index in [2.05, 4.69) is 37.4 Å². The molecule has 2 unspecified atom stereocenters. The van der Waals surface area contributed by atoms with Crippen molar-refractivity contribution in [1.29, 1.82) is 0 Å². The minimum atomic E-state index is -0.832. The van der Waals surface area contributed by atoms with Crippen molar-refractivity contribution in [2.75, 3.05) is 13.2 Å². The fraction of sp³-hybridized carbons (Fsp3) is 0.286. The fourth-order valence-electron chi connectivity index (χ4n) is 5.23. The summed E-state index contributed by atoms with van der Waals surface area (Å²) in [7, 11) is 0. The molecule has 0 aromatic heterocycles. The molecule has 0 aliphatic carbocycles. The van der Waals surface area contributed by atoms with Crippen molar-refractivity contribution in [2.24, 2.45) is 0 Å². The molecule has 0 N–H and O–H groups in total. The lowest BCUT2D eigenvalue weighted by atomic mass is 9.96. The van der Waals surface area contributed by atoms with E-state index in [1.807, 2.05) is 64.1 Å². The van der Waals surface area contributed by atoms with Gasteiger partial charge in [0.15, 0.2) is 0 Å². The van der Waals surface area contributed by atoms with Crippen LogP contribution in [0.25, 0.3) is 11.1 Å². The van der Waals surface area contributed by atoms with Crippen LogP contribution in [0.3, 0.4) is 0 Å². The van der Waals surface area contributed by atoms with Crippen LogP contribution in [0.1, 0.15) is 48.9 Å². The van der Waals surface area contributed by atoms with E-state index in [9.17, 15) is 9.59 Å². The Morgan fingerprint density at radius 1 is 0.560 bits per heavy atom. The van der Waals surface area contributed by atoms with Gasteiger partial charge in [0.05, 0.1) is 26.1 Å². The van der Waals surface area contributed by atoms with Crippen molar-refractivity contribution in [1.82, 2.24) is 0 Å². The molecule has 0 fully saturated rings. The van der Waals surface area contributed by atoms with Crippen molar-refractivity contribution in [2.45, 2.75) is 67.0 Å². The van der Waals surface area contributed by atoms with Crippen LogP contribution in [0.4, 0.5) is 0 Å².